The number of hydrogen-bond donors (Lipinski definition) is 2. The highest BCUT2D eigenvalue weighted by Gasteiger charge is 2.13. The Morgan fingerprint density at radius 1 is 1.22 bits per heavy atom. The van der Waals surface area contributed by atoms with Crippen LogP contribution in [0.2, 0.25) is 0 Å². The topological polar surface area (TPSA) is 89.4 Å². The lowest BCUT2D eigenvalue weighted by Crippen LogP contribution is -2.33. The molecule has 0 aromatic heterocycles. The fourth-order valence-corrected chi connectivity index (χ4v) is 2.01. The molecule has 0 aliphatic carbocycles. The molecule has 1 aromatic rings. The highest BCUT2D eigenvalue weighted by molar-refractivity contribution is 7.89. The Labute approximate surface area is 104 Å². The van der Waals surface area contributed by atoms with Crippen molar-refractivity contribution in [1.29, 1.82) is 0 Å². The van der Waals surface area contributed by atoms with Crippen molar-refractivity contribution in [2.75, 3.05) is 24.5 Å². The molecule has 0 saturated heterocycles. The standard InChI is InChI=1S/C10H15F2N3O2S/c11-10(12)7-15(6-5-13)8-1-3-9(4-2-8)18(14,16)17/h1-4,10H,5-7,13H2,(H2,14,16,17). The Morgan fingerprint density at radius 3 is 2.17 bits per heavy atom. The second kappa shape index (κ2) is 6.07. The van der Waals surface area contributed by atoms with Crippen LogP contribution in [0.15, 0.2) is 29.2 Å². The third-order valence-electron chi connectivity index (χ3n) is 2.29. The summed E-state index contributed by atoms with van der Waals surface area (Å²) in [4.78, 5) is 1.33. The summed E-state index contributed by atoms with van der Waals surface area (Å²) < 4.78 is 46.8. The number of sulfonamides is 1. The van der Waals surface area contributed by atoms with Gasteiger partial charge in [-0.2, -0.15) is 0 Å². The van der Waals surface area contributed by atoms with Crippen molar-refractivity contribution in [3.63, 3.8) is 0 Å². The van der Waals surface area contributed by atoms with Crippen LogP contribution >= 0.6 is 0 Å². The van der Waals surface area contributed by atoms with Crippen molar-refractivity contribution in [2.45, 2.75) is 11.3 Å². The van der Waals surface area contributed by atoms with Gasteiger partial charge >= 0.3 is 0 Å². The number of nitrogens with zero attached hydrogens (tertiary/aromatic N) is 1. The fourth-order valence-electron chi connectivity index (χ4n) is 1.49. The summed E-state index contributed by atoms with van der Waals surface area (Å²) in [6.45, 7) is 0.0364. The first-order chi connectivity index (χ1) is 8.34. The summed E-state index contributed by atoms with van der Waals surface area (Å²) in [5.74, 6) is 0. The lowest BCUT2D eigenvalue weighted by molar-refractivity contribution is 0.155. The van der Waals surface area contributed by atoms with Crippen LogP contribution in [0, 0.1) is 0 Å². The van der Waals surface area contributed by atoms with Crippen molar-refractivity contribution in [3.05, 3.63) is 24.3 Å². The van der Waals surface area contributed by atoms with Crippen LogP contribution in [0.25, 0.3) is 0 Å². The Morgan fingerprint density at radius 2 is 1.78 bits per heavy atom. The van der Waals surface area contributed by atoms with Crippen LogP contribution in [0.4, 0.5) is 14.5 Å². The summed E-state index contributed by atoms with van der Waals surface area (Å²) >= 11 is 0. The molecule has 0 spiro atoms. The zero-order valence-corrected chi connectivity index (χ0v) is 10.4. The summed E-state index contributed by atoms with van der Waals surface area (Å²) in [7, 11) is -3.77. The van der Waals surface area contributed by atoms with E-state index in [-0.39, 0.29) is 18.0 Å². The second-order valence-corrected chi connectivity index (χ2v) is 5.23. The SMILES string of the molecule is NCCN(CC(F)F)c1ccc(S(N)(=O)=O)cc1. The van der Waals surface area contributed by atoms with E-state index < -0.39 is 23.0 Å². The molecule has 0 aliphatic rings. The minimum atomic E-state index is -3.77. The fraction of sp³-hybridized carbons (Fsp3) is 0.400. The van der Waals surface area contributed by atoms with Crippen molar-refractivity contribution >= 4 is 15.7 Å². The van der Waals surface area contributed by atoms with E-state index in [1.165, 1.54) is 29.2 Å². The molecule has 5 nitrogen and oxygen atoms in total. The predicted molar refractivity (Wildman–Crippen MR) is 65.1 cm³/mol. The van der Waals surface area contributed by atoms with Crippen molar-refractivity contribution in [1.82, 2.24) is 0 Å². The Hall–Kier alpha value is -1.25. The molecule has 1 aromatic carbocycles. The molecule has 4 N–H and O–H groups in total. The molecule has 0 amide bonds. The molecule has 0 aliphatic heterocycles. The number of rotatable bonds is 6. The van der Waals surface area contributed by atoms with Crippen LogP contribution in [0.1, 0.15) is 0 Å². The largest absolute Gasteiger partial charge is 0.365 e. The van der Waals surface area contributed by atoms with Gasteiger partial charge in [0.2, 0.25) is 10.0 Å². The lowest BCUT2D eigenvalue weighted by atomic mass is 10.3. The lowest BCUT2D eigenvalue weighted by Gasteiger charge is -2.23. The number of alkyl halides is 2. The van der Waals surface area contributed by atoms with E-state index in [0.29, 0.717) is 5.69 Å². The molecule has 0 unspecified atom stereocenters. The van der Waals surface area contributed by atoms with Gasteiger partial charge in [-0.1, -0.05) is 0 Å². The Balaban J connectivity index is 2.93. The van der Waals surface area contributed by atoms with Gasteiger partial charge < -0.3 is 10.6 Å². The van der Waals surface area contributed by atoms with E-state index in [0.717, 1.165) is 0 Å². The van der Waals surface area contributed by atoms with Crippen LogP contribution < -0.4 is 15.8 Å². The molecular formula is C10H15F2N3O2S. The zero-order valence-electron chi connectivity index (χ0n) is 9.59. The van der Waals surface area contributed by atoms with Crippen molar-refractivity contribution in [3.8, 4) is 0 Å². The van der Waals surface area contributed by atoms with Crippen LogP contribution in [0.3, 0.4) is 0 Å². The van der Waals surface area contributed by atoms with Gasteiger partial charge in [-0.15, -0.1) is 0 Å². The van der Waals surface area contributed by atoms with Gasteiger partial charge in [0.05, 0.1) is 11.4 Å². The molecule has 0 atom stereocenters. The van der Waals surface area contributed by atoms with E-state index in [2.05, 4.69) is 0 Å². The normalized spacial score (nSPS) is 11.8. The number of anilines is 1. The third kappa shape index (κ3) is 4.21. The highest BCUT2D eigenvalue weighted by atomic mass is 32.2. The molecule has 0 saturated carbocycles. The number of primary sulfonamides is 1. The highest BCUT2D eigenvalue weighted by Crippen LogP contribution is 2.18. The molecule has 18 heavy (non-hydrogen) atoms. The average Bonchev–Trinajstić information content (AvgIpc) is 2.27. The quantitative estimate of drug-likeness (QED) is 0.787. The van der Waals surface area contributed by atoms with E-state index in [9.17, 15) is 17.2 Å². The number of nitrogens with two attached hydrogens (primary N) is 2. The van der Waals surface area contributed by atoms with E-state index in [4.69, 9.17) is 10.9 Å². The zero-order chi connectivity index (χ0) is 13.8. The van der Waals surface area contributed by atoms with Crippen molar-refractivity contribution < 1.29 is 17.2 Å². The Bertz CT molecular complexity index is 476. The molecule has 0 bridgehead atoms. The number of halogens is 2. The summed E-state index contributed by atoms with van der Waals surface area (Å²) in [6, 6.07) is 5.41. The summed E-state index contributed by atoms with van der Waals surface area (Å²) in [5, 5.41) is 4.94. The minimum Gasteiger partial charge on any atom is -0.365 e. The second-order valence-electron chi connectivity index (χ2n) is 3.66. The minimum absolute atomic E-state index is 0.0593. The van der Waals surface area contributed by atoms with Gasteiger partial charge in [-0.05, 0) is 24.3 Å². The van der Waals surface area contributed by atoms with Gasteiger partial charge in [0.15, 0.2) is 0 Å². The number of benzene rings is 1. The molecule has 0 heterocycles. The van der Waals surface area contributed by atoms with Crippen LogP contribution in [-0.4, -0.2) is 34.5 Å². The van der Waals surface area contributed by atoms with Crippen LogP contribution in [0.5, 0.6) is 0 Å². The van der Waals surface area contributed by atoms with E-state index >= 15 is 0 Å². The summed E-state index contributed by atoms with van der Waals surface area (Å²) in [5.41, 5.74) is 5.82. The first-order valence-corrected chi connectivity index (χ1v) is 6.75. The average molecular weight is 279 g/mol. The van der Waals surface area contributed by atoms with Crippen molar-refractivity contribution in [2.24, 2.45) is 10.9 Å². The van der Waals surface area contributed by atoms with Gasteiger partial charge in [0, 0.05) is 18.8 Å². The monoisotopic (exact) mass is 279 g/mol. The first kappa shape index (κ1) is 14.8. The summed E-state index contributed by atoms with van der Waals surface area (Å²) in [6.07, 6.45) is -2.49. The Kier molecular flexibility index (Phi) is 5.00. The van der Waals surface area contributed by atoms with E-state index in [1.54, 1.807) is 0 Å². The van der Waals surface area contributed by atoms with Gasteiger partial charge in [-0.25, -0.2) is 22.3 Å². The van der Waals surface area contributed by atoms with Gasteiger partial charge in [0.25, 0.3) is 6.43 Å². The third-order valence-corrected chi connectivity index (χ3v) is 3.22. The predicted octanol–water partition coefficient (Wildman–Crippen LogP) is 0.364. The maximum absolute atomic E-state index is 12.4. The molecule has 0 radical (unpaired) electrons. The van der Waals surface area contributed by atoms with E-state index in [1.807, 2.05) is 0 Å². The van der Waals surface area contributed by atoms with Gasteiger partial charge in [-0.3, -0.25) is 0 Å². The van der Waals surface area contributed by atoms with Gasteiger partial charge in [0.1, 0.15) is 0 Å². The maximum Gasteiger partial charge on any atom is 0.255 e. The molecule has 8 heteroatoms. The number of hydrogen-bond acceptors (Lipinski definition) is 4. The molecule has 1 rings (SSSR count). The molecule has 0 fully saturated rings. The van der Waals surface area contributed by atoms with Crippen LogP contribution in [-0.2, 0) is 10.0 Å². The maximum atomic E-state index is 12.4. The first-order valence-electron chi connectivity index (χ1n) is 5.20. The molecular weight excluding hydrogens is 264 g/mol. The molecule has 102 valence electrons. The smallest absolute Gasteiger partial charge is 0.255 e.